The van der Waals surface area contributed by atoms with E-state index in [0.717, 1.165) is 28.8 Å². The van der Waals surface area contributed by atoms with Crippen LogP contribution in [0.1, 0.15) is 0 Å². The highest BCUT2D eigenvalue weighted by molar-refractivity contribution is 6.33. The van der Waals surface area contributed by atoms with Gasteiger partial charge in [0.1, 0.15) is 41.6 Å². The molecule has 3 N–H and O–H groups in total. The molecule has 0 aliphatic carbocycles. The number of hydrogen-bond acceptors (Lipinski definition) is 5. The van der Waals surface area contributed by atoms with Gasteiger partial charge in [-0.15, -0.1) is 0 Å². The van der Waals surface area contributed by atoms with Crippen LogP contribution in [0, 0.1) is 17.5 Å². The first kappa shape index (κ1) is 26.2. The first-order valence-electron chi connectivity index (χ1n) is 11.0. The van der Waals surface area contributed by atoms with Crippen LogP contribution in [0.5, 0.6) is 5.75 Å². The first-order chi connectivity index (χ1) is 17.7. The van der Waals surface area contributed by atoms with Crippen LogP contribution < -0.4 is 15.6 Å². The van der Waals surface area contributed by atoms with Gasteiger partial charge in [0.25, 0.3) is 5.56 Å². The molecule has 1 heterocycles. The van der Waals surface area contributed by atoms with Crippen molar-refractivity contribution in [1.29, 1.82) is 0 Å². The normalized spacial score (nSPS) is 12.0. The number of halogens is 4. The van der Waals surface area contributed by atoms with Gasteiger partial charge in [-0.3, -0.25) is 14.2 Å². The lowest BCUT2D eigenvalue weighted by atomic mass is 9.99. The van der Waals surface area contributed by atoms with Crippen LogP contribution in [0.4, 0.5) is 13.2 Å². The number of aliphatic hydroxyl groups is 1. The molecular weight excluding hydrogens is 513 g/mol. The molecule has 0 radical (unpaired) electrons. The van der Waals surface area contributed by atoms with E-state index >= 15 is 0 Å². The van der Waals surface area contributed by atoms with Gasteiger partial charge in [-0.1, -0.05) is 17.7 Å². The van der Waals surface area contributed by atoms with Gasteiger partial charge in [-0.2, -0.15) is 0 Å². The molecule has 0 fully saturated rings. The lowest BCUT2D eigenvalue weighted by Gasteiger charge is -2.18. The number of ether oxygens (including phenoxy) is 1. The second-order valence-electron chi connectivity index (χ2n) is 8.09. The van der Waals surface area contributed by atoms with Crippen molar-refractivity contribution in [2.24, 2.45) is 0 Å². The Bertz CT molecular complexity index is 1520. The zero-order chi connectivity index (χ0) is 26.7. The number of aliphatic hydroxyl groups excluding tert-OH is 1. The zero-order valence-corrected chi connectivity index (χ0v) is 19.8. The van der Waals surface area contributed by atoms with Crippen molar-refractivity contribution >= 4 is 28.5 Å². The summed E-state index contributed by atoms with van der Waals surface area (Å²) in [5.41, 5.74) is -0.502. The number of fused-ring (bicyclic) bond motifs is 1. The summed E-state index contributed by atoms with van der Waals surface area (Å²) >= 11 is 6.30. The van der Waals surface area contributed by atoms with E-state index in [0.29, 0.717) is 16.5 Å². The van der Waals surface area contributed by atoms with Crippen molar-refractivity contribution in [3.63, 3.8) is 0 Å². The number of carboxylic acid groups (broad SMARTS) is 1. The molecule has 0 amide bonds. The molecular formula is C26H20ClF3N2O5. The van der Waals surface area contributed by atoms with Crippen molar-refractivity contribution in [2.75, 3.05) is 19.7 Å². The van der Waals surface area contributed by atoms with Crippen LogP contribution in [0.2, 0.25) is 5.02 Å². The molecule has 1 unspecified atom stereocenters. The Balaban J connectivity index is 1.88. The van der Waals surface area contributed by atoms with Gasteiger partial charge in [0, 0.05) is 29.6 Å². The summed E-state index contributed by atoms with van der Waals surface area (Å²) in [6.45, 7) is -0.720. The third-order valence-corrected chi connectivity index (χ3v) is 5.78. The SMILES string of the molecule is O=C(O)CNCC(O)COc1cc(-c2ccc(F)cc2Cl)c2ccc(=O)n(-c3c(F)cccc3F)c2c1. The Labute approximate surface area is 213 Å². The van der Waals surface area contributed by atoms with Gasteiger partial charge in [-0.05, 0) is 48.0 Å². The van der Waals surface area contributed by atoms with Crippen molar-refractivity contribution in [1.82, 2.24) is 9.88 Å². The summed E-state index contributed by atoms with van der Waals surface area (Å²) in [5.74, 6) is -3.50. The minimum Gasteiger partial charge on any atom is -0.491 e. The summed E-state index contributed by atoms with van der Waals surface area (Å²) in [6, 6.07) is 12.4. The topological polar surface area (TPSA) is 101 Å². The van der Waals surface area contributed by atoms with Crippen molar-refractivity contribution < 1.29 is 32.9 Å². The maximum absolute atomic E-state index is 14.7. The molecule has 192 valence electrons. The molecule has 4 aromatic rings. The number of hydrogen-bond donors (Lipinski definition) is 3. The van der Waals surface area contributed by atoms with Crippen molar-refractivity contribution in [3.05, 3.63) is 93.5 Å². The number of nitrogens with one attached hydrogen (secondary N) is 1. The van der Waals surface area contributed by atoms with Crippen LogP contribution in [-0.4, -0.2) is 46.5 Å². The fourth-order valence-corrected chi connectivity index (χ4v) is 4.13. The molecule has 11 heteroatoms. The van der Waals surface area contributed by atoms with Crippen molar-refractivity contribution in [2.45, 2.75) is 6.10 Å². The van der Waals surface area contributed by atoms with Gasteiger partial charge in [-0.25, -0.2) is 13.2 Å². The summed E-state index contributed by atoms with van der Waals surface area (Å²) in [5, 5.41) is 21.8. The Morgan fingerprint density at radius 3 is 2.43 bits per heavy atom. The van der Waals surface area contributed by atoms with Crippen LogP contribution in [0.3, 0.4) is 0 Å². The van der Waals surface area contributed by atoms with Gasteiger partial charge in [0.2, 0.25) is 0 Å². The Hall–Kier alpha value is -3.86. The molecule has 4 rings (SSSR count). The molecule has 1 atom stereocenters. The van der Waals surface area contributed by atoms with Crippen LogP contribution in [0.15, 0.2) is 65.5 Å². The van der Waals surface area contributed by atoms with Gasteiger partial charge < -0.3 is 20.3 Å². The largest absolute Gasteiger partial charge is 0.491 e. The molecule has 0 saturated heterocycles. The first-order valence-corrected chi connectivity index (χ1v) is 11.4. The van der Waals surface area contributed by atoms with E-state index in [9.17, 15) is 27.9 Å². The minimum atomic E-state index is -1.10. The highest BCUT2D eigenvalue weighted by Gasteiger charge is 2.19. The Morgan fingerprint density at radius 2 is 1.76 bits per heavy atom. The summed E-state index contributed by atoms with van der Waals surface area (Å²) < 4.78 is 49.7. The van der Waals surface area contributed by atoms with E-state index in [4.69, 9.17) is 21.4 Å². The van der Waals surface area contributed by atoms with Crippen LogP contribution in [0.25, 0.3) is 27.7 Å². The average Bonchev–Trinajstić information content (AvgIpc) is 2.83. The second-order valence-corrected chi connectivity index (χ2v) is 8.50. The number of benzene rings is 3. The number of para-hydroxylation sites is 1. The minimum absolute atomic E-state index is 0.0474. The van der Waals surface area contributed by atoms with E-state index in [-0.39, 0.29) is 36.0 Å². The smallest absolute Gasteiger partial charge is 0.317 e. The fourth-order valence-electron chi connectivity index (χ4n) is 3.86. The number of carbonyl (C=O) groups is 1. The lowest BCUT2D eigenvalue weighted by Crippen LogP contribution is -2.34. The standard InChI is InChI=1S/C26H20ClF3N2O5/c27-20-8-14(28)4-5-17(20)19-9-16(37-13-15(33)11-31-12-25(35)36)10-23-18(19)6-7-24(34)32(23)26-21(29)2-1-3-22(26)30/h1-10,15,31,33H,11-13H2,(H,35,36). The molecule has 1 aromatic heterocycles. The monoisotopic (exact) mass is 532 g/mol. The van der Waals surface area contributed by atoms with Crippen molar-refractivity contribution in [3.8, 4) is 22.6 Å². The maximum atomic E-state index is 14.7. The number of rotatable bonds is 9. The van der Waals surface area contributed by atoms with E-state index < -0.39 is 40.8 Å². The van der Waals surface area contributed by atoms with Gasteiger partial charge in [0.05, 0.1) is 17.1 Å². The van der Waals surface area contributed by atoms with Gasteiger partial charge in [0.15, 0.2) is 0 Å². The molecule has 0 aliphatic heterocycles. The molecule has 37 heavy (non-hydrogen) atoms. The van der Waals surface area contributed by atoms with E-state index in [1.807, 2.05) is 0 Å². The molecule has 0 aliphatic rings. The quantitative estimate of drug-likeness (QED) is 0.299. The van der Waals surface area contributed by atoms with E-state index in [2.05, 4.69) is 5.32 Å². The highest BCUT2D eigenvalue weighted by Crippen LogP contribution is 2.37. The summed E-state index contributed by atoms with van der Waals surface area (Å²) in [6.07, 6.45) is -1.10. The Morgan fingerprint density at radius 1 is 1.03 bits per heavy atom. The second kappa shape index (κ2) is 11.0. The molecule has 0 saturated carbocycles. The number of carboxylic acids is 1. The average molecular weight is 533 g/mol. The third-order valence-electron chi connectivity index (χ3n) is 5.47. The molecule has 3 aromatic carbocycles. The Kier molecular flexibility index (Phi) is 7.82. The fraction of sp³-hybridized carbons (Fsp3) is 0.154. The van der Waals surface area contributed by atoms with E-state index in [1.54, 1.807) is 0 Å². The predicted octanol–water partition coefficient (Wildman–Crippen LogP) is 4.14. The molecule has 7 nitrogen and oxygen atoms in total. The van der Waals surface area contributed by atoms with Crippen LogP contribution >= 0.6 is 11.6 Å². The molecule has 0 bridgehead atoms. The number of aromatic nitrogens is 1. The number of aliphatic carboxylic acids is 1. The highest BCUT2D eigenvalue weighted by atomic mass is 35.5. The summed E-state index contributed by atoms with van der Waals surface area (Å²) in [7, 11) is 0. The maximum Gasteiger partial charge on any atom is 0.317 e. The lowest BCUT2D eigenvalue weighted by molar-refractivity contribution is -0.136. The third kappa shape index (κ3) is 5.77. The number of nitrogens with zero attached hydrogens (tertiary/aromatic N) is 1. The van der Waals surface area contributed by atoms with Crippen LogP contribution in [-0.2, 0) is 4.79 Å². The van der Waals surface area contributed by atoms with Gasteiger partial charge >= 0.3 is 5.97 Å². The molecule has 0 spiro atoms. The predicted molar refractivity (Wildman–Crippen MR) is 132 cm³/mol. The zero-order valence-electron chi connectivity index (χ0n) is 19.1. The van der Waals surface area contributed by atoms with E-state index in [1.165, 1.54) is 36.4 Å². The summed E-state index contributed by atoms with van der Waals surface area (Å²) in [4.78, 5) is 23.5. The number of pyridine rings is 1.